The van der Waals surface area contributed by atoms with Crippen molar-refractivity contribution in [1.82, 2.24) is 9.55 Å². The highest BCUT2D eigenvalue weighted by Crippen LogP contribution is 2.27. The Labute approximate surface area is 157 Å². The van der Waals surface area contributed by atoms with Crippen molar-refractivity contribution in [3.8, 4) is 5.75 Å². The standard InChI is InChI=1S/C20H22N2O5/c1-4-9-25-17-6-5-14(10-15(17)12-22-8-7-21-13-22)11-16-18(23)26-20(2,3)27-19(16)24/h5-8,10-11,13H,4,9,12H2,1-3H3. The summed E-state index contributed by atoms with van der Waals surface area (Å²) in [6.45, 7) is 6.23. The third-order valence-corrected chi connectivity index (χ3v) is 3.89. The Morgan fingerprint density at radius 3 is 2.59 bits per heavy atom. The van der Waals surface area contributed by atoms with E-state index in [1.165, 1.54) is 19.9 Å². The van der Waals surface area contributed by atoms with E-state index in [9.17, 15) is 9.59 Å². The van der Waals surface area contributed by atoms with Gasteiger partial charge in [-0.3, -0.25) is 0 Å². The lowest BCUT2D eigenvalue weighted by Gasteiger charge is -2.29. The minimum atomic E-state index is -1.25. The molecule has 0 aliphatic carbocycles. The highest BCUT2D eigenvalue weighted by molar-refractivity contribution is 6.18. The molecule has 1 aliphatic heterocycles. The molecular formula is C20H22N2O5. The van der Waals surface area contributed by atoms with Gasteiger partial charge in [-0.15, -0.1) is 0 Å². The summed E-state index contributed by atoms with van der Waals surface area (Å²) in [5, 5.41) is 0. The van der Waals surface area contributed by atoms with Crippen molar-refractivity contribution in [2.75, 3.05) is 6.61 Å². The van der Waals surface area contributed by atoms with Crippen LogP contribution in [-0.4, -0.2) is 33.9 Å². The summed E-state index contributed by atoms with van der Waals surface area (Å²) >= 11 is 0. The van der Waals surface area contributed by atoms with Gasteiger partial charge >= 0.3 is 11.9 Å². The molecule has 1 aromatic carbocycles. The van der Waals surface area contributed by atoms with Gasteiger partial charge in [0.2, 0.25) is 0 Å². The van der Waals surface area contributed by atoms with Crippen LogP contribution in [0.5, 0.6) is 5.75 Å². The molecule has 0 amide bonds. The van der Waals surface area contributed by atoms with Gasteiger partial charge in [-0.1, -0.05) is 13.0 Å². The number of benzene rings is 1. The molecule has 27 heavy (non-hydrogen) atoms. The number of carbonyl (C=O) groups excluding carboxylic acids is 2. The van der Waals surface area contributed by atoms with E-state index in [1.807, 2.05) is 29.8 Å². The zero-order valence-corrected chi connectivity index (χ0v) is 15.6. The van der Waals surface area contributed by atoms with Crippen molar-refractivity contribution in [2.24, 2.45) is 0 Å². The lowest BCUT2D eigenvalue weighted by atomic mass is 10.1. The van der Waals surface area contributed by atoms with Crippen LogP contribution in [0.4, 0.5) is 0 Å². The van der Waals surface area contributed by atoms with E-state index >= 15 is 0 Å². The second kappa shape index (κ2) is 7.65. The molecule has 2 heterocycles. The first kappa shape index (κ1) is 18.7. The quantitative estimate of drug-likeness (QED) is 0.442. The van der Waals surface area contributed by atoms with E-state index in [4.69, 9.17) is 14.2 Å². The van der Waals surface area contributed by atoms with Crippen LogP contribution in [0, 0.1) is 0 Å². The molecule has 2 aromatic rings. The number of cyclic esters (lactones) is 2. The number of imidazole rings is 1. The van der Waals surface area contributed by atoms with Crippen LogP contribution in [0.2, 0.25) is 0 Å². The first-order valence-electron chi connectivity index (χ1n) is 8.78. The Hall–Kier alpha value is -3.09. The van der Waals surface area contributed by atoms with Crippen LogP contribution in [0.1, 0.15) is 38.3 Å². The molecule has 1 aromatic heterocycles. The van der Waals surface area contributed by atoms with Crippen LogP contribution in [0.25, 0.3) is 6.08 Å². The van der Waals surface area contributed by atoms with E-state index in [1.54, 1.807) is 18.6 Å². The summed E-state index contributed by atoms with van der Waals surface area (Å²) in [6.07, 6.45) is 7.64. The second-order valence-corrected chi connectivity index (χ2v) is 6.69. The predicted molar refractivity (Wildman–Crippen MR) is 97.8 cm³/mol. The fourth-order valence-corrected chi connectivity index (χ4v) is 2.69. The number of nitrogens with zero attached hydrogens (tertiary/aromatic N) is 2. The van der Waals surface area contributed by atoms with E-state index in [2.05, 4.69) is 4.98 Å². The van der Waals surface area contributed by atoms with Gasteiger partial charge in [0.25, 0.3) is 5.79 Å². The van der Waals surface area contributed by atoms with Gasteiger partial charge in [-0.2, -0.15) is 0 Å². The van der Waals surface area contributed by atoms with Gasteiger partial charge in [-0.25, -0.2) is 14.6 Å². The van der Waals surface area contributed by atoms with Gasteiger partial charge in [0.05, 0.1) is 19.5 Å². The molecule has 0 N–H and O–H groups in total. The Bertz CT molecular complexity index is 847. The molecule has 0 saturated carbocycles. The third kappa shape index (κ3) is 4.55. The molecule has 1 saturated heterocycles. The lowest BCUT2D eigenvalue weighted by molar-refractivity contribution is -0.222. The smallest absolute Gasteiger partial charge is 0.348 e. The summed E-state index contributed by atoms with van der Waals surface area (Å²) in [6, 6.07) is 5.49. The molecule has 7 heteroatoms. The van der Waals surface area contributed by atoms with Crippen molar-refractivity contribution in [2.45, 2.75) is 39.5 Å². The van der Waals surface area contributed by atoms with Crippen molar-refractivity contribution >= 4 is 18.0 Å². The minimum Gasteiger partial charge on any atom is -0.493 e. The van der Waals surface area contributed by atoms with Crippen molar-refractivity contribution in [3.05, 3.63) is 53.6 Å². The molecule has 0 atom stereocenters. The number of aromatic nitrogens is 2. The molecule has 0 radical (unpaired) electrons. The molecule has 0 bridgehead atoms. The Morgan fingerprint density at radius 1 is 1.22 bits per heavy atom. The molecule has 1 aliphatic rings. The first-order chi connectivity index (χ1) is 12.9. The molecule has 142 valence electrons. The molecule has 1 fully saturated rings. The number of esters is 2. The second-order valence-electron chi connectivity index (χ2n) is 6.69. The molecule has 0 unspecified atom stereocenters. The normalized spacial score (nSPS) is 15.9. The van der Waals surface area contributed by atoms with Crippen molar-refractivity contribution < 1.29 is 23.8 Å². The zero-order chi connectivity index (χ0) is 19.4. The molecule has 7 nitrogen and oxygen atoms in total. The summed E-state index contributed by atoms with van der Waals surface area (Å²) in [4.78, 5) is 28.3. The number of rotatable bonds is 6. The maximum atomic E-state index is 12.1. The average molecular weight is 370 g/mol. The van der Waals surface area contributed by atoms with Crippen molar-refractivity contribution in [1.29, 1.82) is 0 Å². The Morgan fingerprint density at radius 2 is 1.96 bits per heavy atom. The third-order valence-electron chi connectivity index (χ3n) is 3.89. The van der Waals surface area contributed by atoms with Crippen LogP contribution in [-0.2, 0) is 25.6 Å². The van der Waals surface area contributed by atoms with Crippen LogP contribution in [0.15, 0.2) is 42.5 Å². The zero-order valence-electron chi connectivity index (χ0n) is 15.6. The van der Waals surface area contributed by atoms with Gasteiger partial charge in [0.15, 0.2) is 0 Å². The number of ether oxygens (including phenoxy) is 3. The molecule has 3 rings (SSSR count). The number of carbonyl (C=O) groups is 2. The summed E-state index contributed by atoms with van der Waals surface area (Å²) in [5.74, 6) is -1.89. The summed E-state index contributed by atoms with van der Waals surface area (Å²) in [5.41, 5.74) is 1.45. The monoisotopic (exact) mass is 370 g/mol. The lowest BCUT2D eigenvalue weighted by Crippen LogP contribution is -2.41. The maximum absolute atomic E-state index is 12.1. The van der Waals surface area contributed by atoms with E-state index in [0.29, 0.717) is 18.7 Å². The van der Waals surface area contributed by atoms with E-state index in [0.717, 1.165) is 17.7 Å². The van der Waals surface area contributed by atoms with Gasteiger partial charge < -0.3 is 18.8 Å². The SMILES string of the molecule is CCCOc1ccc(C=C2C(=O)OC(C)(C)OC2=O)cc1Cn1ccnc1. The van der Waals surface area contributed by atoms with Gasteiger partial charge in [0.1, 0.15) is 11.3 Å². The first-order valence-corrected chi connectivity index (χ1v) is 8.78. The highest BCUT2D eigenvalue weighted by atomic mass is 16.7. The van der Waals surface area contributed by atoms with E-state index in [-0.39, 0.29) is 5.57 Å². The summed E-state index contributed by atoms with van der Waals surface area (Å²) in [7, 11) is 0. The molecule has 0 spiro atoms. The maximum Gasteiger partial charge on any atom is 0.348 e. The predicted octanol–water partition coefficient (Wildman–Crippen LogP) is 2.94. The fraction of sp³-hybridized carbons (Fsp3) is 0.350. The van der Waals surface area contributed by atoms with Crippen molar-refractivity contribution in [3.63, 3.8) is 0 Å². The topological polar surface area (TPSA) is 79.7 Å². The number of hydrogen-bond donors (Lipinski definition) is 0. The van der Waals surface area contributed by atoms with E-state index < -0.39 is 17.7 Å². The average Bonchev–Trinajstić information content (AvgIpc) is 3.09. The summed E-state index contributed by atoms with van der Waals surface area (Å²) < 4.78 is 18.0. The Balaban J connectivity index is 1.91. The fourth-order valence-electron chi connectivity index (χ4n) is 2.69. The minimum absolute atomic E-state index is 0.134. The van der Waals surface area contributed by atoms with Gasteiger partial charge in [-0.05, 0) is 30.2 Å². The van der Waals surface area contributed by atoms with Crippen LogP contribution >= 0.6 is 0 Å². The van der Waals surface area contributed by atoms with Crippen LogP contribution in [0.3, 0.4) is 0 Å². The largest absolute Gasteiger partial charge is 0.493 e. The van der Waals surface area contributed by atoms with Crippen LogP contribution < -0.4 is 4.74 Å². The molecular weight excluding hydrogens is 348 g/mol. The number of hydrogen-bond acceptors (Lipinski definition) is 6. The highest BCUT2D eigenvalue weighted by Gasteiger charge is 2.38. The van der Waals surface area contributed by atoms with Gasteiger partial charge in [0, 0.05) is 31.8 Å². The Kier molecular flexibility index (Phi) is 5.30.